The van der Waals surface area contributed by atoms with Gasteiger partial charge in [0.25, 0.3) is 0 Å². The van der Waals surface area contributed by atoms with Crippen molar-refractivity contribution in [1.82, 2.24) is 19.9 Å². The first-order valence-electron chi connectivity index (χ1n) is 28.7. The van der Waals surface area contributed by atoms with Crippen LogP contribution >= 0.6 is 37.9 Å². The van der Waals surface area contributed by atoms with E-state index in [0.717, 1.165) is 63.6 Å². The van der Waals surface area contributed by atoms with E-state index in [1.54, 1.807) is 140 Å². The van der Waals surface area contributed by atoms with E-state index in [2.05, 4.69) is 63.9 Å². The summed E-state index contributed by atoms with van der Waals surface area (Å²) in [7, 11) is 4.01. The number of fused-ring (bicyclic) bond motifs is 4. The van der Waals surface area contributed by atoms with Gasteiger partial charge in [0.1, 0.15) is 68.9 Å². The van der Waals surface area contributed by atoms with Crippen molar-refractivity contribution in [2.75, 3.05) is 24.7 Å². The molecule has 1 atom stereocenters. The van der Waals surface area contributed by atoms with Crippen molar-refractivity contribution in [1.29, 1.82) is 0 Å². The van der Waals surface area contributed by atoms with Gasteiger partial charge in [-0.05, 0) is 162 Å². The quantitative estimate of drug-likeness (QED) is 0.0412. The van der Waals surface area contributed by atoms with E-state index in [1.807, 2.05) is 104 Å². The number of aromatic nitrogens is 4. The Morgan fingerprint density at radius 3 is 1.30 bits per heavy atom. The number of nitrogens with zero attached hydrogens (tertiary/aromatic N) is 5. The molecule has 4 aromatic heterocycles. The summed E-state index contributed by atoms with van der Waals surface area (Å²) in [6.45, 7) is 0. The lowest BCUT2D eigenvalue weighted by atomic mass is 10.1. The molecule has 19 nitrogen and oxygen atoms in total. The first kappa shape index (κ1) is 75.0. The van der Waals surface area contributed by atoms with Crippen LogP contribution in [0.5, 0.6) is 63.2 Å². The number of phenolic OH excluding ortho intramolecular Hbond substituents is 8. The fraction of sp³-hybridized carbons (Fsp3) is 0.0541. The number of hydrogen-bond donors (Lipinski definition) is 17. The molecule has 0 radical (unpaired) electrons. The molecule has 0 aliphatic heterocycles. The van der Waals surface area contributed by atoms with Gasteiger partial charge in [-0.25, -0.2) is 0 Å². The van der Waals surface area contributed by atoms with Gasteiger partial charge in [0, 0.05) is 98.7 Å². The van der Waals surface area contributed by atoms with Crippen LogP contribution in [0.15, 0.2) is 294 Å². The molecule has 0 amide bonds. The van der Waals surface area contributed by atoms with Gasteiger partial charge in [-0.15, -0.1) is 37.9 Å². The van der Waals surface area contributed by atoms with Gasteiger partial charge in [-0.2, -0.15) is 0 Å². The predicted octanol–water partition coefficient (Wildman–Crippen LogP) is 15.4. The number of allylic oxidation sites excluding steroid dienone is 2. The third kappa shape index (κ3) is 26.9. The summed E-state index contributed by atoms with van der Waals surface area (Å²) < 4.78 is 0. The number of phenols is 8. The van der Waals surface area contributed by atoms with Crippen LogP contribution < -0.4 is 10.6 Å². The smallest absolute Gasteiger partial charge is 0.142 e. The number of aromatic hydroxyl groups is 11. The summed E-state index contributed by atoms with van der Waals surface area (Å²) >= 11 is 12.2. The SMILES string of the molecule is CN(C)c1ccc2c(O)cccc2c1.Nc1c(O)cccc1O.OC1=CC=CC(O)C1.Oc1ccc2c(O)cccc2c1.Oc1cccc(S)c1.Oc1cccc2cnccc12.Oc1cccc2ncccc12.Oc1cccnc1.Oc1cncc(O)c1.Sc1cccc(S)c1. The summed E-state index contributed by atoms with van der Waals surface area (Å²) in [5, 5.41) is 123. The molecule has 0 saturated heterocycles. The van der Waals surface area contributed by atoms with E-state index in [9.17, 15) is 20.4 Å². The summed E-state index contributed by atoms with van der Waals surface area (Å²) in [6.07, 6.45) is 15.3. The maximum atomic E-state index is 9.59. The Hall–Kier alpha value is -11.7. The second-order valence-corrected chi connectivity index (χ2v) is 21.7. The van der Waals surface area contributed by atoms with E-state index in [-0.39, 0.29) is 63.2 Å². The number of anilines is 2. The molecule has 13 aromatic rings. The van der Waals surface area contributed by atoms with E-state index in [0.29, 0.717) is 17.9 Å². The van der Waals surface area contributed by atoms with Gasteiger partial charge in [-0.1, -0.05) is 72.8 Å². The molecule has 1 aliphatic rings. The Kier molecular flexibility index (Phi) is 31.0. The van der Waals surface area contributed by atoms with Crippen molar-refractivity contribution in [3.05, 3.63) is 280 Å². The van der Waals surface area contributed by atoms with Crippen LogP contribution in [0.4, 0.5) is 11.4 Å². The third-order valence-electron chi connectivity index (χ3n) is 12.6. The van der Waals surface area contributed by atoms with Gasteiger partial charge >= 0.3 is 0 Å². The number of aliphatic hydroxyl groups is 2. The first-order chi connectivity index (χ1) is 46.0. The van der Waals surface area contributed by atoms with E-state index in [1.165, 1.54) is 42.9 Å². The lowest BCUT2D eigenvalue weighted by Gasteiger charge is -2.13. The molecule has 0 fully saturated rings. The van der Waals surface area contributed by atoms with Crippen LogP contribution in [0.2, 0.25) is 0 Å². The number of rotatable bonds is 1. The standard InChI is InChI=1S/C12H13NO.C10H8O2.2C9H7NO.C6H7NO2.C6H8O2.C6H6OS.C6H6S2.C5H5NO2.C5H5NO/c1-13(2)10-6-7-11-9(8-10)4-3-5-12(11)14;11-8-4-5-9-7(6-8)2-1-3-10(9)12;11-9-5-1-4-8-7(9)3-2-6-10-8;11-9-3-1-2-7-6-10-5-4-8(7)9;7-6-4(8)2-1-3-5(6)9;3*7-5-2-1-3-6(8)4-5;7-4-1-5(8)3-6-2-4;7-5-2-1-3-6-4-5/h3-8,14H,1-2H3;1-6,11-12H;2*1-6,11H;1-3,8-9H,7H2;1-3,5,7-8H,4H2;2*1-4,7-8H;1-3,7-8H;1-4,7H. The molecule has 0 saturated carbocycles. The van der Waals surface area contributed by atoms with E-state index < -0.39 is 6.10 Å². The molecule has 22 heteroatoms. The zero-order valence-corrected chi connectivity index (χ0v) is 54.4. The second kappa shape index (κ2) is 39.7. The maximum absolute atomic E-state index is 9.59. The van der Waals surface area contributed by atoms with Gasteiger partial charge < -0.3 is 77.0 Å². The monoisotopic (exact) mass is 1350 g/mol. The molecule has 0 spiro atoms. The minimum Gasteiger partial charge on any atom is -0.512 e. The summed E-state index contributed by atoms with van der Waals surface area (Å²) in [4.78, 5) is 19.9. The number of pyridine rings is 4. The van der Waals surface area contributed by atoms with Crippen LogP contribution in [-0.4, -0.2) is 107 Å². The largest absolute Gasteiger partial charge is 0.512 e. The van der Waals surface area contributed by atoms with Crippen molar-refractivity contribution in [2.24, 2.45) is 0 Å². The van der Waals surface area contributed by atoms with Crippen LogP contribution in [0.25, 0.3) is 43.2 Å². The molecule has 0 bridgehead atoms. The Balaban J connectivity index is 0.000000194. The molecule has 15 N–H and O–H groups in total. The maximum Gasteiger partial charge on any atom is 0.142 e. The normalized spacial score (nSPS) is 11.2. The third-order valence-corrected chi connectivity index (χ3v) is 13.4. The van der Waals surface area contributed by atoms with Gasteiger partial charge in [-0.3, -0.25) is 19.9 Å². The van der Waals surface area contributed by atoms with Crippen LogP contribution in [0.1, 0.15) is 6.42 Å². The van der Waals surface area contributed by atoms with Crippen LogP contribution in [0, 0.1) is 0 Å². The first-order valence-corrected chi connectivity index (χ1v) is 30.0. The molecule has 494 valence electrons. The molecule has 96 heavy (non-hydrogen) atoms. The highest BCUT2D eigenvalue weighted by molar-refractivity contribution is 7.81. The molecule has 4 heterocycles. The van der Waals surface area contributed by atoms with Gasteiger partial charge in [0.15, 0.2) is 0 Å². The summed E-state index contributed by atoms with van der Waals surface area (Å²) in [5.74, 6) is 1.90. The van der Waals surface area contributed by atoms with Crippen molar-refractivity contribution >= 4 is 92.5 Å². The minimum atomic E-state index is -0.486. The van der Waals surface area contributed by atoms with Crippen molar-refractivity contribution in [3.63, 3.8) is 0 Å². The summed E-state index contributed by atoms with van der Waals surface area (Å²) in [6, 6.07) is 61.0. The number of nitrogens with two attached hydrogens (primary N) is 1. The molecule has 14 rings (SSSR count). The molecular weight excluding hydrogens is 1280 g/mol. The highest BCUT2D eigenvalue weighted by Gasteiger charge is 2.05. The Labute approximate surface area is 570 Å². The number of nitrogen functional groups attached to an aromatic ring is 1. The second-order valence-electron chi connectivity index (χ2n) is 20.2. The number of para-hydroxylation sites is 1. The molecule has 1 unspecified atom stereocenters. The lowest BCUT2D eigenvalue weighted by molar-refractivity contribution is 0.200. The van der Waals surface area contributed by atoms with Crippen molar-refractivity contribution in [2.45, 2.75) is 27.2 Å². The van der Waals surface area contributed by atoms with E-state index in [4.69, 9.17) is 51.7 Å². The number of aliphatic hydroxyl groups excluding tert-OH is 2. The van der Waals surface area contributed by atoms with Crippen LogP contribution in [0.3, 0.4) is 0 Å². The summed E-state index contributed by atoms with van der Waals surface area (Å²) in [5.41, 5.74) is 7.18. The Morgan fingerprint density at radius 2 is 0.854 bits per heavy atom. The molecular formula is C74H72N6O13S3. The van der Waals surface area contributed by atoms with Crippen LogP contribution in [-0.2, 0) is 0 Å². The zero-order chi connectivity index (χ0) is 69.9. The topological polar surface area (TPSA) is 344 Å². The molecule has 9 aromatic carbocycles. The fourth-order valence-electron chi connectivity index (χ4n) is 7.92. The van der Waals surface area contributed by atoms with Gasteiger partial charge in [0.2, 0.25) is 0 Å². The minimum absolute atomic E-state index is 0.0231. The number of benzene rings is 9. The average molecular weight is 1350 g/mol. The fourth-order valence-corrected chi connectivity index (χ4v) is 8.69. The van der Waals surface area contributed by atoms with Gasteiger partial charge in [0.05, 0.1) is 36.0 Å². The van der Waals surface area contributed by atoms with Crippen molar-refractivity contribution < 1.29 is 66.4 Å². The highest BCUT2D eigenvalue weighted by atomic mass is 32.1. The predicted molar refractivity (Wildman–Crippen MR) is 388 cm³/mol. The lowest BCUT2D eigenvalue weighted by Crippen LogP contribution is -2.07. The highest BCUT2D eigenvalue weighted by Crippen LogP contribution is 2.30. The molecule has 1 aliphatic carbocycles. The Bertz CT molecular complexity index is 4330. The average Bonchev–Trinajstić information content (AvgIpc) is 0.866. The zero-order valence-electron chi connectivity index (χ0n) is 51.7. The van der Waals surface area contributed by atoms with E-state index >= 15 is 0 Å². The Morgan fingerprint density at radius 1 is 0.385 bits per heavy atom. The number of hydrogen-bond acceptors (Lipinski definition) is 22. The number of thiol groups is 3. The van der Waals surface area contributed by atoms with Crippen molar-refractivity contribution in [3.8, 4) is 63.2 Å².